The van der Waals surface area contributed by atoms with Crippen LogP contribution in [0, 0.1) is 0 Å². The molecular formula is C10H8F5NO2. The molecule has 3 nitrogen and oxygen atoms in total. The molecule has 0 aliphatic heterocycles. The number of hydrogen-bond donors (Lipinski definition) is 1. The van der Waals surface area contributed by atoms with Crippen molar-refractivity contribution in [3.8, 4) is 5.75 Å². The fraction of sp³-hybridized carbons (Fsp3) is 0.300. The van der Waals surface area contributed by atoms with Gasteiger partial charge in [0.1, 0.15) is 5.75 Å². The number of rotatable bonds is 3. The van der Waals surface area contributed by atoms with Crippen LogP contribution in [-0.2, 0) is 6.18 Å². The first-order valence-corrected chi connectivity index (χ1v) is 4.60. The third-order valence-corrected chi connectivity index (χ3v) is 2.08. The maximum Gasteiger partial charge on any atom is 0.419 e. The van der Waals surface area contributed by atoms with Gasteiger partial charge in [-0.05, 0) is 19.1 Å². The van der Waals surface area contributed by atoms with Crippen molar-refractivity contribution in [3.05, 3.63) is 23.3 Å². The fourth-order valence-electron chi connectivity index (χ4n) is 1.40. The van der Waals surface area contributed by atoms with Gasteiger partial charge in [-0.25, -0.2) is 0 Å². The maximum atomic E-state index is 12.7. The van der Waals surface area contributed by atoms with Gasteiger partial charge in [0.05, 0.1) is 11.3 Å². The highest BCUT2D eigenvalue weighted by atomic mass is 19.4. The minimum atomic E-state index is -4.94. The first kappa shape index (κ1) is 14.2. The smallest absolute Gasteiger partial charge is 0.419 e. The third kappa shape index (κ3) is 2.88. The lowest BCUT2D eigenvalue weighted by Gasteiger charge is -2.16. The molecule has 0 spiro atoms. The van der Waals surface area contributed by atoms with Gasteiger partial charge in [0, 0.05) is 5.56 Å². The highest BCUT2D eigenvalue weighted by molar-refractivity contribution is 5.97. The molecule has 0 saturated heterocycles. The number of Topliss-reactive ketones (excluding diaryl/α,β-unsaturated/α-hetero) is 1. The van der Waals surface area contributed by atoms with E-state index in [-0.39, 0.29) is 0 Å². The average molecular weight is 269 g/mol. The molecule has 0 aromatic heterocycles. The summed E-state index contributed by atoms with van der Waals surface area (Å²) in [5.41, 5.74) is 1.94. The average Bonchev–Trinajstić information content (AvgIpc) is 2.17. The summed E-state index contributed by atoms with van der Waals surface area (Å²) in [6.07, 6.45) is -4.94. The summed E-state index contributed by atoms with van der Waals surface area (Å²) in [4.78, 5) is 11.1. The van der Waals surface area contributed by atoms with Crippen molar-refractivity contribution in [2.75, 3.05) is 5.73 Å². The van der Waals surface area contributed by atoms with Crippen molar-refractivity contribution >= 4 is 11.5 Å². The van der Waals surface area contributed by atoms with Gasteiger partial charge in [0.25, 0.3) is 0 Å². The van der Waals surface area contributed by atoms with Crippen molar-refractivity contribution in [2.24, 2.45) is 0 Å². The van der Waals surface area contributed by atoms with Crippen LogP contribution in [0.2, 0.25) is 0 Å². The summed E-state index contributed by atoms with van der Waals surface area (Å²) in [6.45, 7) is -2.39. The summed E-state index contributed by atoms with van der Waals surface area (Å²) in [5.74, 6) is -1.69. The summed E-state index contributed by atoms with van der Waals surface area (Å²) in [6, 6.07) is 1.55. The molecule has 100 valence electrons. The Morgan fingerprint density at radius 2 is 1.89 bits per heavy atom. The van der Waals surface area contributed by atoms with Crippen LogP contribution >= 0.6 is 0 Å². The zero-order valence-electron chi connectivity index (χ0n) is 9.02. The second-order valence-corrected chi connectivity index (χ2v) is 3.33. The Kier molecular flexibility index (Phi) is 3.78. The van der Waals surface area contributed by atoms with E-state index < -0.39 is 41.1 Å². The van der Waals surface area contributed by atoms with Crippen LogP contribution in [0.25, 0.3) is 0 Å². The maximum absolute atomic E-state index is 12.7. The molecule has 1 aromatic rings. The number of nitrogens with two attached hydrogens (primary N) is 1. The van der Waals surface area contributed by atoms with E-state index in [4.69, 9.17) is 5.73 Å². The molecule has 2 N–H and O–H groups in total. The predicted molar refractivity (Wildman–Crippen MR) is 52.5 cm³/mol. The molecule has 1 rings (SSSR count). The van der Waals surface area contributed by atoms with E-state index in [2.05, 4.69) is 4.74 Å². The number of ether oxygens (including phenoxy) is 1. The quantitative estimate of drug-likeness (QED) is 0.521. The number of alkyl halides is 5. The summed E-state index contributed by atoms with van der Waals surface area (Å²) < 4.78 is 65.9. The molecule has 0 heterocycles. The molecule has 0 unspecified atom stereocenters. The van der Waals surface area contributed by atoms with Crippen LogP contribution in [0.1, 0.15) is 22.8 Å². The van der Waals surface area contributed by atoms with Crippen LogP contribution < -0.4 is 10.5 Å². The minimum absolute atomic E-state index is 0.693. The Hall–Kier alpha value is -1.86. The van der Waals surface area contributed by atoms with Gasteiger partial charge in [-0.3, -0.25) is 4.79 Å². The molecule has 0 aliphatic rings. The van der Waals surface area contributed by atoms with Crippen LogP contribution in [0.4, 0.5) is 27.6 Å². The van der Waals surface area contributed by atoms with Gasteiger partial charge in [0.2, 0.25) is 0 Å². The predicted octanol–water partition coefficient (Wildman–Crippen LogP) is 3.09. The SMILES string of the molecule is CC(=O)c1ccc(OC(F)F)c(N)c1C(F)(F)F. The van der Waals surface area contributed by atoms with Gasteiger partial charge in [0.15, 0.2) is 5.78 Å². The van der Waals surface area contributed by atoms with Gasteiger partial charge in [-0.1, -0.05) is 0 Å². The number of ketones is 1. The number of benzene rings is 1. The van der Waals surface area contributed by atoms with E-state index >= 15 is 0 Å². The summed E-state index contributed by atoms with van der Waals surface area (Å²) >= 11 is 0. The van der Waals surface area contributed by atoms with Crippen LogP contribution in [0.3, 0.4) is 0 Å². The second-order valence-electron chi connectivity index (χ2n) is 3.33. The van der Waals surface area contributed by atoms with E-state index in [1.54, 1.807) is 0 Å². The summed E-state index contributed by atoms with van der Waals surface area (Å²) in [5, 5.41) is 0. The Morgan fingerprint density at radius 3 is 2.28 bits per heavy atom. The zero-order chi connectivity index (χ0) is 14.1. The van der Waals surface area contributed by atoms with Gasteiger partial charge >= 0.3 is 12.8 Å². The Labute approximate surface area is 98.3 Å². The standard InChI is InChI=1S/C10H8F5NO2/c1-4(17)5-2-3-6(18-9(11)12)8(16)7(5)10(13,14)15/h2-3,9H,16H2,1H3. The number of nitrogen functional groups attached to an aromatic ring is 1. The zero-order valence-corrected chi connectivity index (χ0v) is 9.02. The monoisotopic (exact) mass is 269 g/mol. The lowest BCUT2D eigenvalue weighted by molar-refractivity contribution is -0.137. The molecule has 0 bridgehead atoms. The van der Waals surface area contributed by atoms with E-state index in [1.165, 1.54) is 0 Å². The molecule has 0 radical (unpaired) electrons. The van der Waals surface area contributed by atoms with E-state index in [1.807, 2.05) is 0 Å². The largest absolute Gasteiger partial charge is 0.433 e. The number of carbonyl (C=O) groups excluding carboxylic acids is 1. The fourth-order valence-corrected chi connectivity index (χ4v) is 1.40. The topological polar surface area (TPSA) is 52.3 Å². The first-order chi connectivity index (χ1) is 8.14. The van der Waals surface area contributed by atoms with Gasteiger partial charge in [-0.15, -0.1) is 0 Å². The second kappa shape index (κ2) is 4.79. The third-order valence-electron chi connectivity index (χ3n) is 2.08. The first-order valence-electron chi connectivity index (χ1n) is 4.60. The molecule has 0 fully saturated rings. The lowest BCUT2D eigenvalue weighted by Crippen LogP contribution is -2.16. The van der Waals surface area contributed by atoms with E-state index in [0.29, 0.717) is 0 Å². The number of carbonyl (C=O) groups is 1. The van der Waals surface area contributed by atoms with Gasteiger partial charge < -0.3 is 10.5 Å². The molecule has 0 amide bonds. The lowest BCUT2D eigenvalue weighted by atomic mass is 10.0. The molecule has 1 aromatic carbocycles. The molecule has 0 atom stereocenters. The molecule has 8 heteroatoms. The van der Waals surface area contributed by atoms with E-state index in [0.717, 1.165) is 19.1 Å². The molecule has 0 aliphatic carbocycles. The highest BCUT2D eigenvalue weighted by Gasteiger charge is 2.38. The molecule has 0 saturated carbocycles. The van der Waals surface area contributed by atoms with Crippen molar-refractivity contribution in [1.82, 2.24) is 0 Å². The van der Waals surface area contributed by atoms with Crippen LogP contribution in [0.15, 0.2) is 12.1 Å². The minimum Gasteiger partial charge on any atom is -0.433 e. The number of hydrogen-bond acceptors (Lipinski definition) is 3. The van der Waals surface area contributed by atoms with Crippen molar-refractivity contribution < 1.29 is 31.5 Å². The number of halogens is 5. The highest BCUT2D eigenvalue weighted by Crippen LogP contribution is 2.41. The van der Waals surface area contributed by atoms with Crippen molar-refractivity contribution in [3.63, 3.8) is 0 Å². The Bertz CT molecular complexity index is 470. The van der Waals surface area contributed by atoms with Crippen molar-refractivity contribution in [2.45, 2.75) is 19.7 Å². The van der Waals surface area contributed by atoms with Crippen LogP contribution in [-0.4, -0.2) is 12.4 Å². The van der Waals surface area contributed by atoms with Gasteiger partial charge in [-0.2, -0.15) is 22.0 Å². The van der Waals surface area contributed by atoms with Crippen LogP contribution in [0.5, 0.6) is 5.75 Å². The van der Waals surface area contributed by atoms with E-state index in [9.17, 15) is 26.7 Å². The normalized spacial score (nSPS) is 11.7. The summed E-state index contributed by atoms with van der Waals surface area (Å²) in [7, 11) is 0. The Balaban J connectivity index is 3.45. The number of anilines is 1. The van der Waals surface area contributed by atoms with Crippen molar-refractivity contribution in [1.29, 1.82) is 0 Å². The molecule has 18 heavy (non-hydrogen) atoms. The molecular weight excluding hydrogens is 261 g/mol. The Morgan fingerprint density at radius 1 is 1.33 bits per heavy atom.